The summed E-state index contributed by atoms with van der Waals surface area (Å²) < 4.78 is 1.13. The molecule has 4 nitrogen and oxygen atoms in total. The van der Waals surface area contributed by atoms with E-state index in [1.165, 1.54) is 16.7 Å². The van der Waals surface area contributed by atoms with E-state index in [0.29, 0.717) is 5.69 Å². The van der Waals surface area contributed by atoms with E-state index in [1.54, 1.807) is 6.19 Å². The molecule has 0 atom stereocenters. The Morgan fingerprint density at radius 3 is 2.75 bits per heavy atom. The van der Waals surface area contributed by atoms with Gasteiger partial charge in [0.05, 0.1) is 5.69 Å². The number of nitrogens with one attached hydrogen (secondary N) is 1. The highest BCUT2D eigenvalue weighted by Crippen LogP contribution is 2.38. The highest BCUT2D eigenvalue weighted by molar-refractivity contribution is 7.82. The first-order chi connectivity index (χ1) is 9.70. The van der Waals surface area contributed by atoms with Crippen LogP contribution in [0.2, 0.25) is 0 Å². The van der Waals surface area contributed by atoms with Crippen molar-refractivity contribution >= 4 is 24.5 Å². The Morgan fingerprint density at radius 2 is 1.95 bits per heavy atom. The molecule has 2 amide bonds. The smallest absolute Gasteiger partial charge is 0.246 e. The summed E-state index contributed by atoms with van der Waals surface area (Å²) in [6.45, 7) is 0. The van der Waals surface area contributed by atoms with Crippen LogP contribution in [0.25, 0.3) is 11.1 Å². The summed E-state index contributed by atoms with van der Waals surface area (Å²) in [7, 11) is 0. The number of carbonyl (C=O) groups excluding carboxylic acids is 1. The van der Waals surface area contributed by atoms with Crippen LogP contribution in [0.15, 0.2) is 42.5 Å². The van der Waals surface area contributed by atoms with Crippen LogP contribution < -0.4 is 9.62 Å². The Morgan fingerprint density at radius 1 is 1.20 bits per heavy atom. The number of carbonyl (C=O) groups is 1. The van der Waals surface area contributed by atoms with Gasteiger partial charge in [-0.15, -0.1) is 0 Å². The first-order valence-corrected chi connectivity index (χ1v) is 6.50. The second-order valence-corrected chi connectivity index (χ2v) is 4.93. The molecular formula is C15H11N3OS. The van der Waals surface area contributed by atoms with E-state index in [1.807, 2.05) is 35.6 Å². The van der Waals surface area contributed by atoms with E-state index in [0.717, 1.165) is 16.3 Å². The summed E-state index contributed by atoms with van der Waals surface area (Å²) >= 11 is 4.12. The third-order valence-electron chi connectivity index (χ3n) is 3.38. The van der Waals surface area contributed by atoms with Crippen LogP contribution in [0.1, 0.15) is 11.1 Å². The van der Waals surface area contributed by atoms with Crippen LogP contribution in [0.4, 0.5) is 10.5 Å². The fourth-order valence-corrected chi connectivity index (χ4v) is 2.66. The molecule has 20 heavy (non-hydrogen) atoms. The average Bonchev–Trinajstić information content (AvgIpc) is 2.84. The fourth-order valence-electron chi connectivity index (χ4n) is 2.48. The zero-order chi connectivity index (χ0) is 14.1. The summed E-state index contributed by atoms with van der Waals surface area (Å²) in [5.74, 6) is 0. The van der Waals surface area contributed by atoms with Crippen molar-refractivity contribution in [1.29, 1.82) is 5.26 Å². The van der Waals surface area contributed by atoms with Gasteiger partial charge in [-0.25, -0.2) is 14.4 Å². The first-order valence-electron chi connectivity index (χ1n) is 6.10. The van der Waals surface area contributed by atoms with Gasteiger partial charge in [0, 0.05) is 0 Å². The molecule has 1 aliphatic rings. The van der Waals surface area contributed by atoms with Gasteiger partial charge in [-0.3, -0.25) is 0 Å². The molecule has 0 bridgehead atoms. The Kier molecular flexibility index (Phi) is 3.09. The number of thiol groups is 1. The SMILES string of the molecule is N#CNC(=O)N(S)c1ccc2c(c1)Cc1ccccc1-2. The highest BCUT2D eigenvalue weighted by Gasteiger charge is 2.20. The summed E-state index contributed by atoms with van der Waals surface area (Å²) in [6, 6.07) is 13.4. The van der Waals surface area contributed by atoms with Gasteiger partial charge in [0.2, 0.25) is 0 Å². The molecule has 0 spiro atoms. The van der Waals surface area contributed by atoms with Crippen LogP contribution in [-0.2, 0) is 6.42 Å². The highest BCUT2D eigenvalue weighted by atomic mass is 32.1. The van der Waals surface area contributed by atoms with Gasteiger partial charge >= 0.3 is 6.03 Å². The number of nitrogens with zero attached hydrogens (tertiary/aromatic N) is 2. The molecule has 2 aromatic carbocycles. The number of hydrogen-bond acceptors (Lipinski definition) is 3. The molecule has 5 heteroatoms. The van der Waals surface area contributed by atoms with E-state index in [-0.39, 0.29) is 0 Å². The average molecular weight is 281 g/mol. The molecule has 0 heterocycles. The number of hydrogen-bond donors (Lipinski definition) is 2. The number of fused-ring (bicyclic) bond motifs is 3. The molecule has 1 aliphatic carbocycles. The normalized spacial score (nSPS) is 11.2. The van der Waals surface area contributed by atoms with Crippen molar-refractivity contribution in [2.45, 2.75) is 6.42 Å². The number of anilines is 1. The summed E-state index contributed by atoms with van der Waals surface area (Å²) in [5, 5.41) is 10.5. The second-order valence-electron chi connectivity index (χ2n) is 4.53. The van der Waals surface area contributed by atoms with E-state index in [4.69, 9.17) is 5.26 Å². The standard InChI is InChI=1S/C15H11N3OS/c16-9-17-15(19)18(20)12-5-6-14-11(8-12)7-10-3-1-2-4-13(10)14/h1-6,8,20H,7H2,(H,17,19). The van der Waals surface area contributed by atoms with Crippen molar-refractivity contribution in [2.75, 3.05) is 4.31 Å². The van der Waals surface area contributed by atoms with Crippen molar-refractivity contribution < 1.29 is 4.79 Å². The minimum Gasteiger partial charge on any atom is -0.246 e. The lowest BCUT2D eigenvalue weighted by molar-refractivity contribution is 0.253. The fraction of sp³-hybridized carbons (Fsp3) is 0.0667. The largest absolute Gasteiger partial charge is 0.345 e. The number of rotatable bonds is 1. The van der Waals surface area contributed by atoms with Gasteiger partial charge < -0.3 is 0 Å². The second kappa shape index (κ2) is 4.91. The summed E-state index contributed by atoms with van der Waals surface area (Å²) in [5.41, 5.74) is 5.51. The molecule has 0 aliphatic heterocycles. The number of amides is 2. The molecule has 2 aromatic rings. The lowest BCUT2D eigenvalue weighted by Gasteiger charge is -2.15. The molecule has 0 aromatic heterocycles. The quantitative estimate of drug-likeness (QED) is 0.409. The van der Waals surface area contributed by atoms with Gasteiger partial charge in [-0.1, -0.05) is 43.1 Å². The Bertz CT molecular complexity index is 736. The predicted molar refractivity (Wildman–Crippen MR) is 80.3 cm³/mol. The number of nitriles is 1. The summed E-state index contributed by atoms with van der Waals surface area (Å²) in [6.07, 6.45) is 2.44. The maximum Gasteiger partial charge on any atom is 0.345 e. The van der Waals surface area contributed by atoms with Gasteiger partial charge in [0.25, 0.3) is 0 Å². The minimum absolute atomic E-state index is 0.564. The van der Waals surface area contributed by atoms with Crippen molar-refractivity contribution in [3.05, 3.63) is 53.6 Å². The summed E-state index contributed by atoms with van der Waals surface area (Å²) in [4.78, 5) is 11.6. The molecule has 3 rings (SSSR count). The van der Waals surface area contributed by atoms with E-state index in [9.17, 15) is 4.79 Å². The number of benzene rings is 2. The monoisotopic (exact) mass is 281 g/mol. The van der Waals surface area contributed by atoms with Crippen molar-refractivity contribution in [2.24, 2.45) is 0 Å². The molecular weight excluding hydrogens is 270 g/mol. The zero-order valence-electron chi connectivity index (χ0n) is 10.5. The predicted octanol–water partition coefficient (Wildman–Crippen LogP) is 3.10. The molecule has 0 fully saturated rings. The van der Waals surface area contributed by atoms with Crippen LogP contribution in [0, 0.1) is 11.5 Å². The Hall–Kier alpha value is -2.45. The molecule has 0 saturated heterocycles. The van der Waals surface area contributed by atoms with Gasteiger partial charge in [-0.2, -0.15) is 5.26 Å². The van der Waals surface area contributed by atoms with Crippen molar-refractivity contribution in [1.82, 2.24) is 5.32 Å². The molecule has 0 radical (unpaired) electrons. The van der Waals surface area contributed by atoms with Gasteiger partial charge in [0.1, 0.15) is 0 Å². The van der Waals surface area contributed by atoms with Crippen LogP contribution >= 0.6 is 12.8 Å². The molecule has 0 unspecified atom stereocenters. The maximum absolute atomic E-state index is 11.6. The molecule has 1 N–H and O–H groups in total. The van der Waals surface area contributed by atoms with Crippen LogP contribution in [0.3, 0.4) is 0 Å². The minimum atomic E-state index is -0.564. The topological polar surface area (TPSA) is 56.1 Å². The third-order valence-corrected chi connectivity index (χ3v) is 3.79. The van der Waals surface area contributed by atoms with E-state index in [2.05, 4.69) is 24.9 Å². The first kappa shape index (κ1) is 12.6. The maximum atomic E-state index is 11.6. The molecule has 0 saturated carbocycles. The van der Waals surface area contributed by atoms with Crippen molar-refractivity contribution in [3.8, 4) is 17.3 Å². The third kappa shape index (κ3) is 2.00. The lowest BCUT2D eigenvalue weighted by atomic mass is 10.1. The Labute approximate surface area is 122 Å². The van der Waals surface area contributed by atoms with Gasteiger partial charge in [0.15, 0.2) is 6.19 Å². The lowest BCUT2D eigenvalue weighted by Crippen LogP contribution is -2.30. The zero-order valence-corrected chi connectivity index (χ0v) is 11.4. The Balaban J connectivity index is 1.95. The van der Waals surface area contributed by atoms with Crippen LogP contribution in [-0.4, -0.2) is 6.03 Å². The van der Waals surface area contributed by atoms with E-state index >= 15 is 0 Å². The van der Waals surface area contributed by atoms with E-state index < -0.39 is 6.03 Å². The molecule has 98 valence electrons. The number of urea groups is 1. The van der Waals surface area contributed by atoms with Crippen LogP contribution in [0.5, 0.6) is 0 Å². The van der Waals surface area contributed by atoms with Gasteiger partial charge in [-0.05, 0) is 40.8 Å². The van der Waals surface area contributed by atoms with Crippen molar-refractivity contribution in [3.63, 3.8) is 0 Å².